The van der Waals surface area contributed by atoms with E-state index >= 15 is 0 Å². The van der Waals surface area contributed by atoms with Crippen LogP contribution in [0.15, 0.2) is 48.6 Å². The predicted octanol–water partition coefficient (Wildman–Crippen LogP) is 9.19. The molecule has 0 rings (SSSR count). The van der Waals surface area contributed by atoms with Crippen LogP contribution in [0.25, 0.3) is 0 Å². The van der Waals surface area contributed by atoms with Crippen LogP contribution < -0.4 is 5.73 Å². The number of unbranched alkanes of at least 4 members (excludes halogenated alkanes) is 15. The third-order valence-electron chi connectivity index (χ3n) is 8.41. The third kappa shape index (κ3) is 35.1. The number of hydrogen-bond acceptors (Lipinski definition) is 10. The van der Waals surface area contributed by atoms with Crippen molar-refractivity contribution in [3.8, 4) is 0 Å². The van der Waals surface area contributed by atoms with Gasteiger partial charge in [-0.15, -0.1) is 0 Å². The number of nitrogens with two attached hydrogens (primary N) is 1. The Labute approximate surface area is 325 Å². The lowest BCUT2D eigenvalue weighted by Gasteiger charge is -2.20. The summed E-state index contributed by atoms with van der Waals surface area (Å²) in [6.45, 7) is 2.61. The second kappa shape index (κ2) is 36.1. The average Bonchev–Trinajstić information content (AvgIpc) is 3.14. The number of carboxylic acid groups (broad SMARTS) is 1. The lowest BCUT2D eigenvalue weighted by Crippen LogP contribution is -2.34. The molecule has 4 atom stereocenters. The van der Waals surface area contributed by atoms with Gasteiger partial charge in [0, 0.05) is 12.8 Å². The van der Waals surface area contributed by atoms with E-state index in [1.807, 2.05) is 36.5 Å². The van der Waals surface area contributed by atoms with Gasteiger partial charge in [0.25, 0.3) is 0 Å². The van der Waals surface area contributed by atoms with E-state index in [4.69, 9.17) is 24.8 Å². The van der Waals surface area contributed by atoms with E-state index in [9.17, 15) is 28.9 Å². The normalized spacial score (nSPS) is 14.9. The van der Waals surface area contributed by atoms with Crippen molar-refractivity contribution in [3.05, 3.63) is 48.6 Å². The molecule has 0 aliphatic carbocycles. The topological polar surface area (TPSA) is 192 Å². The van der Waals surface area contributed by atoms with Crippen LogP contribution in [0.1, 0.15) is 155 Å². The lowest BCUT2D eigenvalue weighted by atomic mass is 10.0. The molecule has 0 aromatic heterocycles. The molecule has 0 aromatic rings. The van der Waals surface area contributed by atoms with Crippen molar-refractivity contribution in [3.63, 3.8) is 0 Å². The van der Waals surface area contributed by atoms with Crippen LogP contribution in [0, 0.1) is 0 Å². The van der Waals surface area contributed by atoms with E-state index in [-0.39, 0.29) is 19.4 Å². The van der Waals surface area contributed by atoms with Gasteiger partial charge < -0.3 is 30.3 Å². The van der Waals surface area contributed by atoms with E-state index in [0.717, 1.165) is 25.7 Å². The van der Waals surface area contributed by atoms with Gasteiger partial charge >= 0.3 is 25.7 Å². The predicted molar refractivity (Wildman–Crippen MR) is 214 cm³/mol. The molecule has 1 unspecified atom stereocenters. The molecule has 0 spiro atoms. The fraction of sp³-hybridized carbons (Fsp3) is 0.732. The van der Waals surface area contributed by atoms with Crippen molar-refractivity contribution in [2.45, 2.75) is 173 Å². The Morgan fingerprint density at radius 1 is 0.667 bits per heavy atom. The van der Waals surface area contributed by atoms with Gasteiger partial charge in [0.15, 0.2) is 6.10 Å². The Hall–Kier alpha value is -2.60. The maximum absolute atomic E-state index is 12.6. The quantitative estimate of drug-likeness (QED) is 0.0154. The number of allylic oxidation sites excluding steroid dienone is 6. The summed E-state index contributed by atoms with van der Waals surface area (Å²) in [4.78, 5) is 45.8. The van der Waals surface area contributed by atoms with Gasteiger partial charge in [0.1, 0.15) is 12.6 Å². The summed E-state index contributed by atoms with van der Waals surface area (Å²) in [7, 11) is -4.74. The monoisotopic (exact) mass is 785 g/mol. The molecule has 12 nitrogen and oxygen atoms in total. The van der Waals surface area contributed by atoms with Crippen LogP contribution in [0.5, 0.6) is 0 Å². The number of esters is 2. The molecule has 0 fully saturated rings. The smallest absolute Gasteiger partial charge is 0.472 e. The second-order valence-electron chi connectivity index (χ2n) is 13.6. The molecule has 0 saturated heterocycles. The average molecular weight is 786 g/mol. The number of hydrogen-bond donors (Lipinski definition) is 4. The highest BCUT2D eigenvalue weighted by Gasteiger charge is 2.28. The molecule has 0 aromatic carbocycles. The summed E-state index contributed by atoms with van der Waals surface area (Å²) in [5, 5.41) is 18.9. The lowest BCUT2D eigenvalue weighted by molar-refractivity contribution is -0.161. The minimum absolute atomic E-state index is 0.0535. The molecule has 5 N–H and O–H groups in total. The summed E-state index contributed by atoms with van der Waals surface area (Å²) < 4.78 is 32.5. The molecule has 0 heterocycles. The zero-order valence-corrected chi connectivity index (χ0v) is 34.1. The number of aliphatic hydroxyl groups excluding tert-OH is 1. The first-order valence-corrected chi connectivity index (χ1v) is 21.8. The number of ether oxygens (including phenoxy) is 2. The number of carbonyl (C=O) groups excluding carboxylic acids is 2. The summed E-state index contributed by atoms with van der Waals surface area (Å²) in [5.74, 6) is -2.50. The third-order valence-corrected chi connectivity index (χ3v) is 9.36. The molecule has 0 aliphatic rings. The molecule has 0 saturated carbocycles. The van der Waals surface area contributed by atoms with Gasteiger partial charge in [0.2, 0.25) is 0 Å². The molecule has 312 valence electrons. The van der Waals surface area contributed by atoms with Crippen molar-refractivity contribution < 1.29 is 52.6 Å². The highest BCUT2D eigenvalue weighted by Crippen LogP contribution is 2.43. The van der Waals surface area contributed by atoms with Crippen LogP contribution in [0.2, 0.25) is 0 Å². The van der Waals surface area contributed by atoms with Gasteiger partial charge in [-0.2, -0.15) is 0 Å². The Bertz CT molecular complexity index is 1120. The van der Waals surface area contributed by atoms with E-state index in [1.54, 1.807) is 6.08 Å². The zero-order valence-electron chi connectivity index (χ0n) is 33.2. The van der Waals surface area contributed by atoms with Gasteiger partial charge in [-0.05, 0) is 44.9 Å². The minimum atomic E-state index is -4.74. The Balaban J connectivity index is 4.58. The van der Waals surface area contributed by atoms with Crippen molar-refractivity contribution in [1.29, 1.82) is 0 Å². The molecule has 0 radical (unpaired) electrons. The summed E-state index contributed by atoms with van der Waals surface area (Å²) >= 11 is 0. The van der Waals surface area contributed by atoms with Crippen LogP contribution in [-0.4, -0.2) is 71.1 Å². The van der Waals surface area contributed by atoms with Crippen LogP contribution >= 0.6 is 7.82 Å². The number of phosphoric ester groups is 1. The zero-order chi connectivity index (χ0) is 40.1. The fourth-order valence-electron chi connectivity index (χ4n) is 5.14. The number of phosphoric acid groups is 1. The molecule has 0 amide bonds. The first kappa shape index (κ1) is 51.4. The largest absolute Gasteiger partial charge is 0.480 e. The number of carboxylic acids is 1. The molecular formula is C41H72NO11P. The number of aliphatic carboxylic acids is 1. The van der Waals surface area contributed by atoms with E-state index in [0.29, 0.717) is 32.1 Å². The first-order valence-electron chi connectivity index (χ1n) is 20.3. The van der Waals surface area contributed by atoms with E-state index < -0.39 is 57.2 Å². The Morgan fingerprint density at radius 2 is 1.22 bits per heavy atom. The summed E-state index contributed by atoms with van der Waals surface area (Å²) in [6.07, 6.45) is 35.0. The Kier molecular flexibility index (Phi) is 34.3. The van der Waals surface area contributed by atoms with Gasteiger partial charge in [-0.25, -0.2) is 4.57 Å². The van der Waals surface area contributed by atoms with Gasteiger partial charge in [-0.1, -0.05) is 146 Å². The maximum Gasteiger partial charge on any atom is 0.472 e. The van der Waals surface area contributed by atoms with E-state index in [2.05, 4.69) is 24.4 Å². The molecule has 13 heteroatoms. The van der Waals surface area contributed by atoms with Crippen molar-refractivity contribution in [2.24, 2.45) is 5.73 Å². The van der Waals surface area contributed by atoms with Crippen LogP contribution in [0.3, 0.4) is 0 Å². The van der Waals surface area contributed by atoms with Gasteiger partial charge in [-0.3, -0.25) is 23.4 Å². The minimum Gasteiger partial charge on any atom is -0.480 e. The fourth-order valence-corrected chi connectivity index (χ4v) is 5.92. The molecule has 0 bridgehead atoms. The number of rotatable bonds is 37. The molecule has 54 heavy (non-hydrogen) atoms. The van der Waals surface area contributed by atoms with Crippen molar-refractivity contribution in [1.82, 2.24) is 0 Å². The summed E-state index contributed by atoms with van der Waals surface area (Å²) in [5.41, 5.74) is 5.31. The number of aliphatic hydroxyl groups is 1. The second-order valence-corrected chi connectivity index (χ2v) is 15.1. The standard InChI is InChI=1S/C41H72NO11P/c1-3-5-7-9-11-12-13-14-15-19-23-27-31-39(44)50-33-37(34-51-54(48,49)52-35-38(42)41(46)47)53-40(45)32-28-24-20-17-16-18-22-26-30-36(43)29-25-21-10-8-6-4-2/h17-18,20-22,25-26,30,36-38,43H,3-16,19,23-24,27-29,31-35,42H2,1-2H3,(H,46,47)(H,48,49)/b20-17-,22-18-,25-21-,30-26+/t36-,37+,38-/m0/s1. The highest BCUT2D eigenvalue weighted by molar-refractivity contribution is 7.47. The maximum atomic E-state index is 12.6. The summed E-state index contributed by atoms with van der Waals surface area (Å²) in [6, 6.07) is -1.54. The van der Waals surface area contributed by atoms with Gasteiger partial charge in [0.05, 0.1) is 19.3 Å². The van der Waals surface area contributed by atoms with Crippen LogP contribution in [-0.2, 0) is 37.5 Å². The van der Waals surface area contributed by atoms with Crippen molar-refractivity contribution in [2.75, 3.05) is 19.8 Å². The highest BCUT2D eigenvalue weighted by atomic mass is 31.2. The Morgan fingerprint density at radius 3 is 1.87 bits per heavy atom. The van der Waals surface area contributed by atoms with Crippen LogP contribution in [0.4, 0.5) is 0 Å². The number of carbonyl (C=O) groups is 3. The molecule has 0 aliphatic heterocycles. The van der Waals surface area contributed by atoms with Crippen molar-refractivity contribution >= 4 is 25.7 Å². The first-order chi connectivity index (χ1) is 26.0. The molecular weight excluding hydrogens is 713 g/mol. The SMILES string of the molecule is CCCCC/C=C\C[C@H](O)/C=C/C=C\C/C=C\CCCC(=O)O[C@H](COC(=O)CCCCCCCCCCCCCC)COP(=O)(O)OC[C@H](N)C(=O)O. The van der Waals surface area contributed by atoms with E-state index in [1.165, 1.54) is 70.6 Å².